The first-order valence-electron chi connectivity index (χ1n) is 12.9. The average molecular weight is 672 g/mol. The fourth-order valence-corrected chi connectivity index (χ4v) is 6.38. The summed E-state index contributed by atoms with van der Waals surface area (Å²) in [6, 6.07) is 15.7. The molecule has 0 saturated heterocycles. The number of benzene rings is 3. The smallest absolute Gasteiger partial charge is 0.338 e. The van der Waals surface area contributed by atoms with Crippen molar-refractivity contribution in [3.63, 3.8) is 0 Å². The Morgan fingerprint density at radius 1 is 1.14 bits per heavy atom. The molecule has 0 amide bonds. The Morgan fingerprint density at radius 2 is 1.88 bits per heavy atom. The van der Waals surface area contributed by atoms with E-state index >= 15 is 0 Å². The van der Waals surface area contributed by atoms with Crippen molar-refractivity contribution in [3.8, 4) is 11.5 Å². The first-order valence-corrected chi connectivity index (χ1v) is 14.9. The first kappa shape index (κ1) is 29.8. The Balaban J connectivity index is 1.63. The summed E-state index contributed by atoms with van der Waals surface area (Å²) < 4.78 is 32.6. The zero-order valence-corrected chi connectivity index (χ0v) is 26.0. The molecule has 11 heteroatoms. The molecule has 2 heterocycles. The van der Waals surface area contributed by atoms with E-state index in [4.69, 9.17) is 25.8 Å². The van der Waals surface area contributed by atoms with Crippen molar-refractivity contribution in [3.05, 3.63) is 124 Å². The lowest BCUT2D eigenvalue weighted by Crippen LogP contribution is -2.40. The lowest BCUT2D eigenvalue weighted by atomic mass is 9.96. The third-order valence-electron chi connectivity index (χ3n) is 6.57. The number of carbonyl (C=O) groups is 1. The van der Waals surface area contributed by atoms with Crippen LogP contribution in [0.5, 0.6) is 11.5 Å². The fourth-order valence-electron chi connectivity index (χ4n) is 4.61. The second kappa shape index (κ2) is 12.6. The molecule has 1 aliphatic heterocycles. The molecular weight excluding hydrogens is 647 g/mol. The van der Waals surface area contributed by atoms with E-state index in [-0.39, 0.29) is 30.2 Å². The predicted octanol–water partition coefficient (Wildman–Crippen LogP) is 5.94. The van der Waals surface area contributed by atoms with Crippen LogP contribution in [0, 0.1) is 5.82 Å². The van der Waals surface area contributed by atoms with Crippen LogP contribution in [0.2, 0.25) is 5.02 Å². The van der Waals surface area contributed by atoms with Crippen molar-refractivity contribution < 1.29 is 23.4 Å². The van der Waals surface area contributed by atoms with Crippen LogP contribution in [0.1, 0.15) is 36.6 Å². The minimum atomic E-state index is -0.779. The van der Waals surface area contributed by atoms with Gasteiger partial charge in [0.25, 0.3) is 5.56 Å². The van der Waals surface area contributed by atoms with Crippen LogP contribution in [0.25, 0.3) is 6.08 Å². The van der Waals surface area contributed by atoms with Crippen molar-refractivity contribution in [2.24, 2.45) is 4.99 Å². The molecule has 0 fully saturated rings. The molecule has 7 nitrogen and oxygen atoms in total. The quantitative estimate of drug-likeness (QED) is 0.217. The molecule has 0 bridgehead atoms. The largest absolute Gasteiger partial charge is 0.496 e. The number of carbonyl (C=O) groups excluding carboxylic acids is 1. The molecular formula is C31H25BrClFN2O5S. The van der Waals surface area contributed by atoms with Crippen molar-refractivity contribution in [1.29, 1.82) is 0 Å². The molecule has 216 valence electrons. The van der Waals surface area contributed by atoms with Crippen molar-refractivity contribution >= 4 is 50.9 Å². The number of hydrogen-bond donors (Lipinski definition) is 0. The summed E-state index contributed by atoms with van der Waals surface area (Å²) in [5.41, 5.74) is 2.45. The lowest BCUT2D eigenvalue weighted by molar-refractivity contribution is -0.139. The first-order chi connectivity index (χ1) is 20.2. The maximum Gasteiger partial charge on any atom is 0.338 e. The van der Waals surface area contributed by atoms with Gasteiger partial charge in [0.05, 0.1) is 40.0 Å². The molecule has 0 N–H and O–H groups in total. The number of esters is 1. The third kappa shape index (κ3) is 6.06. The number of hydrogen-bond acceptors (Lipinski definition) is 7. The van der Waals surface area contributed by atoms with E-state index in [0.717, 1.165) is 5.56 Å². The molecule has 4 aromatic rings. The van der Waals surface area contributed by atoms with E-state index in [9.17, 15) is 14.0 Å². The molecule has 0 radical (unpaired) electrons. The standard InChI is InChI=1S/C31H25BrClFN2O5S/c1-4-40-30(38)27-17(2)35-31-36(28(27)19-7-11-25(39-3)23(32)14-19)29(37)26(42-31)15-20-13-21(33)8-12-24(20)41-16-18-5-9-22(34)10-6-18/h5-15,28H,4,16H2,1-3H3/b26-15+/t28-/m0/s1. The number of methoxy groups -OCH3 is 1. The second-order valence-electron chi connectivity index (χ2n) is 9.29. The summed E-state index contributed by atoms with van der Waals surface area (Å²) in [6.07, 6.45) is 1.69. The molecule has 1 aliphatic rings. The molecule has 42 heavy (non-hydrogen) atoms. The predicted molar refractivity (Wildman–Crippen MR) is 163 cm³/mol. The van der Waals surface area contributed by atoms with Crippen LogP contribution in [0.3, 0.4) is 0 Å². The van der Waals surface area contributed by atoms with Crippen LogP contribution < -0.4 is 24.4 Å². The van der Waals surface area contributed by atoms with Gasteiger partial charge in [0, 0.05) is 10.6 Å². The maximum absolute atomic E-state index is 14.0. The highest BCUT2D eigenvalue weighted by Crippen LogP contribution is 2.35. The molecule has 1 aromatic heterocycles. The Hall–Kier alpha value is -3.73. The number of rotatable bonds is 8. The highest BCUT2D eigenvalue weighted by atomic mass is 79.9. The van der Waals surface area contributed by atoms with Gasteiger partial charge in [-0.3, -0.25) is 9.36 Å². The molecule has 5 rings (SSSR count). The maximum atomic E-state index is 14.0. The van der Waals surface area contributed by atoms with E-state index in [1.54, 1.807) is 63.4 Å². The van der Waals surface area contributed by atoms with Gasteiger partial charge >= 0.3 is 5.97 Å². The SMILES string of the molecule is CCOC(=O)C1=C(C)N=c2s/c(=C/c3cc(Cl)ccc3OCc3ccc(F)cc3)c(=O)n2[C@H]1c1ccc(OC)c(Br)c1. The van der Waals surface area contributed by atoms with Gasteiger partial charge in [-0.1, -0.05) is 41.1 Å². The monoisotopic (exact) mass is 670 g/mol. The molecule has 3 aromatic carbocycles. The minimum Gasteiger partial charge on any atom is -0.496 e. The van der Waals surface area contributed by atoms with E-state index < -0.39 is 12.0 Å². The van der Waals surface area contributed by atoms with Crippen LogP contribution in [-0.4, -0.2) is 24.3 Å². The number of thiazole rings is 1. The number of halogens is 3. The Morgan fingerprint density at radius 3 is 2.57 bits per heavy atom. The molecule has 0 saturated carbocycles. The van der Waals surface area contributed by atoms with Crippen LogP contribution in [0.15, 0.2) is 86.2 Å². The Bertz CT molecular complexity index is 1880. The van der Waals surface area contributed by atoms with Crippen molar-refractivity contribution in [1.82, 2.24) is 4.57 Å². The molecule has 0 aliphatic carbocycles. The molecule has 0 spiro atoms. The van der Waals surface area contributed by atoms with Gasteiger partial charge in [-0.2, -0.15) is 0 Å². The number of allylic oxidation sites excluding steroid dienone is 1. The van der Waals surface area contributed by atoms with Gasteiger partial charge in [-0.15, -0.1) is 0 Å². The third-order valence-corrected chi connectivity index (χ3v) is 8.41. The summed E-state index contributed by atoms with van der Waals surface area (Å²) in [6.45, 7) is 3.82. The van der Waals surface area contributed by atoms with Crippen molar-refractivity contribution in [2.75, 3.05) is 13.7 Å². The van der Waals surface area contributed by atoms with E-state index in [2.05, 4.69) is 20.9 Å². The van der Waals surface area contributed by atoms with Crippen LogP contribution in [-0.2, 0) is 16.1 Å². The Labute approximate surface area is 258 Å². The summed E-state index contributed by atoms with van der Waals surface area (Å²) in [7, 11) is 1.56. The van der Waals surface area contributed by atoms with Gasteiger partial charge in [0.2, 0.25) is 0 Å². The lowest BCUT2D eigenvalue weighted by Gasteiger charge is -2.25. The van der Waals surface area contributed by atoms with Crippen LogP contribution >= 0.6 is 38.9 Å². The van der Waals surface area contributed by atoms with E-state index in [0.29, 0.717) is 47.2 Å². The average Bonchev–Trinajstić information content (AvgIpc) is 3.26. The summed E-state index contributed by atoms with van der Waals surface area (Å²) in [5, 5.41) is 0.463. The van der Waals surface area contributed by atoms with Gasteiger partial charge < -0.3 is 14.2 Å². The Kier molecular flexibility index (Phi) is 8.96. The highest BCUT2D eigenvalue weighted by Gasteiger charge is 2.33. The summed E-state index contributed by atoms with van der Waals surface area (Å²) in [4.78, 5) is 32.2. The normalized spacial score (nSPS) is 14.8. The fraction of sp³-hybridized carbons (Fsp3) is 0.194. The number of ether oxygens (including phenoxy) is 3. The van der Waals surface area contributed by atoms with Gasteiger partial charge in [-0.25, -0.2) is 14.2 Å². The zero-order valence-electron chi connectivity index (χ0n) is 22.8. The summed E-state index contributed by atoms with van der Waals surface area (Å²) in [5.74, 6) is 0.228. The van der Waals surface area contributed by atoms with Gasteiger partial charge in [0.15, 0.2) is 4.80 Å². The summed E-state index contributed by atoms with van der Waals surface area (Å²) >= 11 is 11.0. The highest BCUT2D eigenvalue weighted by molar-refractivity contribution is 9.10. The number of aromatic nitrogens is 1. The number of fused-ring (bicyclic) bond motifs is 1. The zero-order chi connectivity index (χ0) is 30.0. The van der Waals surface area contributed by atoms with Gasteiger partial charge in [-0.05, 0) is 89.4 Å². The number of nitrogens with zero attached hydrogens (tertiary/aromatic N) is 2. The molecule has 0 unspecified atom stereocenters. The van der Waals surface area contributed by atoms with Crippen LogP contribution in [0.4, 0.5) is 4.39 Å². The topological polar surface area (TPSA) is 79.1 Å². The molecule has 1 atom stereocenters. The van der Waals surface area contributed by atoms with E-state index in [1.165, 1.54) is 28.0 Å². The van der Waals surface area contributed by atoms with E-state index in [1.807, 2.05) is 12.1 Å². The second-order valence-corrected chi connectivity index (χ2v) is 11.6. The van der Waals surface area contributed by atoms with Gasteiger partial charge in [0.1, 0.15) is 23.9 Å². The van der Waals surface area contributed by atoms with Crippen molar-refractivity contribution in [2.45, 2.75) is 26.5 Å². The minimum absolute atomic E-state index is 0.175.